The van der Waals surface area contributed by atoms with E-state index in [4.69, 9.17) is 0 Å². The number of hydrogen-bond acceptors (Lipinski definition) is 5. The number of nitrogens with zero attached hydrogens (tertiary/aromatic N) is 3. The van der Waals surface area contributed by atoms with Crippen molar-refractivity contribution in [1.82, 2.24) is 4.90 Å². The zero-order valence-corrected chi connectivity index (χ0v) is 14.5. The highest BCUT2D eigenvalue weighted by Crippen LogP contribution is 2.25. The third kappa shape index (κ3) is 4.24. The van der Waals surface area contributed by atoms with E-state index in [-0.39, 0.29) is 5.69 Å². The molecular weight excluding hydrogens is 304 g/mol. The fraction of sp³-hybridized carbons (Fsp3) is 0.611. The third-order valence-corrected chi connectivity index (χ3v) is 5.04. The van der Waals surface area contributed by atoms with Gasteiger partial charge in [0.1, 0.15) is 6.07 Å². The van der Waals surface area contributed by atoms with Crippen molar-refractivity contribution in [3.8, 4) is 6.07 Å². The van der Waals surface area contributed by atoms with Crippen molar-refractivity contribution in [1.29, 1.82) is 5.26 Å². The Kier molecular flexibility index (Phi) is 6.56. The molecule has 1 aliphatic heterocycles. The van der Waals surface area contributed by atoms with Crippen molar-refractivity contribution in [3.05, 3.63) is 33.9 Å². The molecule has 0 unspecified atom stereocenters. The molecule has 6 heteroatoms. The molecule has 2 rings (SSSR count). The van der Waals surface area contributed by atoms with E-state index in [0.717, 1.165) is 32.5 Å². The molecule has 0 radical (unpaired) electrons. The van der Waals surface area contributed by atoms with Gasteiger partial charge < -0.3 is 5.32 Å². The number of anilines is 1. The van der Waals surface area contributed by atoms with Crippen LogP contribution in [0.25, 0.3) is 0 Å². The van der Waals surface area contributed by atoms with E-state index in [1.54, 1.807) is 6.07 Å². The topological polar surface area (TPSA) is 82.2 Å². The zero-order chi connectivity index (χ0) is 17.5. The second-order valence-corrected chi connectivity index (χ2v) is 6.37. The van der Waals surface area contributed by atoms with Gasteiger partial charge in [-0.25, -0.2) is 0 Å². The highest BCUT2D eigenvalue weighted by atomic mass is 16.6. The van der Waals surface area contributed by atoms with Crippen LogP contribution in [0.4, 0.5) is 11.4 Å². The molecule has 1 aromatic carbocycles. The Morgan fingerprint density at radius 3 is 2.54 bits per heavy atom. The van der Waals surface area contributed by atoms with Gasteiger partial charge in [0.05, 0.1) is 16.2 Å². The lowest BCUT2D eigenvalue weighted by Gasteiger charge is -2.34. The summed E-state index contributed by atoms with van der Waals surface area (Å²) < 4.78 is 0. The average Bonchev–Trinajstić information content (AvgIpc) is 3.12. The van der Waals surface area contributed by atoms with E-state index in [0.29, 0.717) is 23.2 Å². The van der Waals surface area contributed by atoms with Gasteiger partial charge >= 0.3 is 0 Å². The molecule has 0 saturated carbocycles. The van der Waals surface area contributed by atoms with Gasteiger partial charge in [0.15, 0.2) is 0 Å². The smallest absolute Gasteiger partial charge is 0.270 e. The van der Waals surface area contributed by atoms with Gasteiger partial charge in [0.25, 0.3) is 5.69 Å². The van der Waals surface area contributed by atoms with Crippen LogP contribution >= 0.6 is 0 Å². The Balaban J connectivity index is 2.13. The molecule has 1 fully saturated rings. The molecule has 0 aliphatic carbocycles. The first-order valence-corrected chi connectivity index (χ1v) is 8.77. The molecule has 1 aromatic rings. The number of benzene rings is 1. The van der Waals surface area contributed by atoms with Crippen molar-refractivity contribution in [3.63, 3.8) is 0 Å². The number of nitro groups is 1. The normalized spacial score (nSPS) is 16.1. The molecule has 1 aliphatic rings. The van der Waals surface area contributed by atoms with E-state index in [1.807, 2.05) is 0 Å². The van der Waals surface area contributed by atoms with Crippen molar-refractivity contribution in [2.45, 2.75) is 45.6 Å². The van der Waals surface area contributed by atoms with Crippen LogP contribution in [-0.2, 0) is 0 Å². The van der Waals surface area contributed by atoms with Crippen molar-refractivity contribution < 1.29 is 4.92 Å². The quantitative estimate of drug-likeness (QED) is 0.579. The molecule has 0 amide bonds. The molecule has 1 atom stereocenters. The predicted octanol–water partition coefficient (Wildman–Crippen LogP) is 3.78. The largest absolute Gasteiger partial charge is 0.382 e. The first kappa shape index (κ1) is 18.2. The first-order chi connectivity index (χ1) is 11.6. The summed E-state index contributed by atoms with van der Waals surface area (Å²) in [4.78, 5) is 12.9. The third-order valence-electron chi connectivity index (χ3n) is 5.04. The van der Waals surface area contributed by atoms with Crippen LogP contribution in [0.15, 0.2) is 18.2 Å². The molecule has 130 valence electrons. The number of nitrogens with one attached hydrogen (secondary N) is 1. The Bertz CT molecular complexity index is 600. The number of nitriles is 1. The van der Waals surface area contributed by atoms with Gasteiger partial charge in [0, 0.05) is 24.7 Å². The molecule has 0 bridgehead atoms. The molecule has 0 aromatic heterocycles. The van der Waals surface area contributed by atoms with Gasteiger partial charge in [-0.15, -0.1) is 0 Å². The van der Waals surface area contributed by atoms with Crippen LogP contribution in [0, 0.1) is 27.4 Å². The van der Waals surface area contributed by atoms with Crippen LogP contribution < -0.4 is 5.32 Å². The van der Waals surface area contributed by atoms with E-state index < -0.39 is 4.92 Å². The van der Waals surface area contributed by atoms with E-state index in [2.05, 4.69) is 30.1 Å². The minimum atomic E-state index is -0.470. The number of nitro benzene ring substituents is 1. The second kappa shape index (κ2) is 8.65. The maximum absolute atomic E-state index is 10.9. The molecule has 24 heavy (non-hydrogen) atoms. The summed E-state index contributed by atoms with van der Waals surface area (Å²) in [5.41, 5.74) is 0.959. The van der Waals surface area contributed by atoms with Gasteiger partial charge in [-0.1, -0.05) is 26.7 Å². The van der Waals surface area contributed by atoms with Crippen molar-refractivity contribution >= 4 is 11.4 Å². The van der Waals surface area contributed by atoms with Gasteiger partial charge in [0.2, 0.25) is 0 Å². The molecule has 0 spiro atoms. The monoisotopic (exact) mass is 330 g/mol. The SMILES string of the molecule is CCC(CC)[C@@H](CNc1ccc([N+](=O)[O-])cc1C#N)N1CCCC1. The summed E-state index contributed by atoms with van der Waals surface area (Å²) in [6.45, 7) is 7.48. The van der Waals surface area contributed by atoms with E-state index in [9.17, 15) is 15.4 Å². The van der Waals surface area contributed by atoms with Crippen LogP contribution in [0.1, 0.15) is 45.1 Å². The van der Waals surface area contributed by atoms with Crippen molar-refractivity contribution in [2.24, 2.45) is 5.92 Å². The fourth-order valence-electron chi connectivity index (χ4n) is 3.61. The van der Waals surface area contributed by atoms with Gasteiger partial charge in [-0.05, 0) is 37.9 Å². The minimum absolute atomic E-state index is 0.0480. The highest BCUT2D eigenvalue weighted by molar-refractivity contribution is 5.61. The number of likely N-dealkylation sites (tertiary alicyclic amines) is 1. The van der Waals surface area contributed by atoms with Gasteiger partial charge in [-0.2, -0.15) is 5.26 Å². The minimum Gasteiger partial charge on any atom is -0.382 e. The van der Waals surface area contributed by atoms with Gasteiger partial charge in [-0.3, -0.25) is 15.0 Å². The first-order valence-electron chi connectivity index (χ1n) is 8.77. The number of rotatable bonds is 8. The lowest BCUT2D eigenvalue weighted by atomic mass is 9.92. The second-order valence-electron chi connectivity index (χ2n) is 6.37. The van der Waals surface area contributed by atoms with Crippen molar-refractivity contribution in [2.75, 3.05) is 25.0 Å². The molecule has 1 N–H and O–H groups in total. The lowest BCUT2D eigenvalue weighted by molar-refractivity contribution is -0.384. The molecule has 1 saturated heterocycles. The Hall–Kier alpha value is -2.13. The average molecular weight is 330 g/mol. The maximum Gasteiger partial charge on any atom is 0.270 e. The van der Waals surface area contributed by atoms with Crippen LogP contribution in [-0.4, -0.2) is 35.5 Å². The van der Waals surface area contributed by atoms with Crippen LogP contribution in [0.5, 0.6) is 0 Å². The Morgan fingerprint density at radius 1 is 1.33 bits per heavy atom. The molecular formula is C18H26N4O2. The van der Waals surface area contributed by atoms with E-state index in [1.165, 1.54) is 25.0 Å². The number of non-ortho nitro benzene ring substituents is 1. The fourth-order valence-corrected chi connectivity index (χ4v) is 3.61. The highest BCUT2D eigenvalue weighted by Gasteiger charge is 2.27. The predicted molar refractivity (Wildman–Crippen MR) is 95.0 cm³/mol. The summed E-state index contributed by atoms with van der Waals surface area (Å²) in [5.74, 6) is 0.610. The Labute approximate surface area is 143 Å². The summed E-state index contributed by atoms with van der Waals surface area (Å²) in [6, 6.07) is 6.93. The summed E-state index contributed by atoms with van der Waals surface area (Å²) in [6.07, 6.45) is 4.75. The van der Waals surface area contributed by atoms with Crippen LogP contribution in [0.2, 0.25) is 0 Å². The maximum atomic E-state index is 10.9. The summed E-state index contributed by atoms with van der Waals surface area (Å²) in [7, 11) is 0. The number of hydrogen-bond donors (Lipinski definition) is 1. The Morgan fingerprint density at radius 2 is 2.00 bits per heavy atom. The molecule has 6 nitrogen and oxygen atoms in total. The van der Waals surface area contributed by atoms with E-state index >= 15 is 0 Å². The van der Waals surface area contributed by atoms with Crippen LogP contribution in [0.3, 0.4) is 0 Å². The molecule has 1 heterocycles. The lowest BCUT2D eigenvalue weighted by Crippen LogP contribution is -2.43. The summed E-state index contributed by atoms with van der Waals surface area (Å²) >= 11 is 0. The zero-order valence-electron chi connectivity index (χ0n) is 14.5. The standard InChI is InChI=1S/C18H26N4O2/c1-3-14(4-2)18(21-9-5-6-10-21)13-20-17-8-7-16(22(23)24)11-15(17)12-19/h7-8,11,14,18,20H,3-6,9-10,13H2,1-2H3/t18-/m1/s1. The summed E-state index contributed by atoms with van der Waals surface area (Å²) in [5, 5.41) is 23.5.